The zero-order valence-corrected chi connectivity index (χ0v) is 11.0. The first-order valence-electron chi connectivity index (χ1n) is 6.92. The lowest BCUT2D eigenvalue weighted by molar-refractivity contribution is -0.663. The van der Waals surface area contributed by atoms with Gasteiger partial charge in [0, 0.05) is 25.1 Å². The van der Waals surface area contributed by atoms with Crippen LogP contribution in [0.3, 0.4) is 0 Å². The predicted octanol–water partition coefficient (Wildman–Crippen LogP) is 2.31. The molecule has 98 valence electrons. The van der Waals surface area contributed by atoms with E-state index in [0.717, 1.165) is 5.75 Å². The third-order valence-electron chi connectivity index (χ3n) is 3.65. The number of benzene rings is 1. The van der Waals surface area contributed by atoms with Gasteiger partial charge < -0.3 is 10.1 Å². The summed E-state index contributed by atoms with van der Waals surface area (Å²) in [5.41, 5.74) is 1.43. The molecule has 1 fully saturated rings. The van der Waals surface area contributed by atoms with Crippen LogP contribution in [0.4, 0.5) is 0 Å². The first kappa shape index (κ1) is 12.2. The minimum absolute atomic E-state index is 0.641. The quantitative estimate of drug-likeness (QED) is 0.914. The summed E-state index contributed by atoms with van der Waals surface area (Å²) in [4.78, 5) is 4.16. The van der Waals surface area contributed by atoms with Crippen LogP contribution in [-0.2, 0) is 0 Å². The molecule has 2 N–H and O–H groups in total. The van der Waals surface area contributed by atoms with Gasteiger partial charge in [0.25, 0.3) is 0 Å². The molecule has 19 heavy (non-hydrogen) atoms. The second kappa shape index (κ2) is 5.85. The van der Waals surface area contributed by atoms with Gasteiger partial charge in [-0.25, -0.2) is 4.98 Å². The summed E-state index contributed by atoms with van der Waals surface area (Å²) < 4.78 is 5.70. The fourth-order valence-corrected chi connectivity index (χ4v) is 2.60. The average Bonchev–Trinajstić information content (AvgIpc) is 2.50. The molecule has 2 heterocycles. The van der Waals surface area contributed by atoms with Crippen LogP contribution in [0.1, 0.15) is 24.3 Å². The number of rotatable bonds is 3. The highest BCUT2D eigenvalue weighted by atomic mass is 16.5. The molecule has 3 heteroatoms. The smallest absolute Gasteiger partial charge is 0.219 e. The Morgan fingerprint density at radius 2 is 1.79 bits per heavy atom. The Balaban J connectivity index is 1.68. The van der Waals surface area contributed by atoms with Crippen molar-refractivity contribution in [1.29, 1.82) is 0 Å². The van der Waals surface area contributed by atoms with Crippen LogP contribution in [0.15, 0.2) is 48.7 Å². The van der Waals surface area contributed by atoms with Crippen molar-refractivity contribution in [3.05, 3.63) is 54.2 Å². The number of nitrogens with zero attached hydrogens (tertiary/aromatic N) is 1. The molecule has 0 bridgehead atoms. The van der Waals surface area contributed by atoms with Crippen LogP contribution in [0.2, 0.25) is 0 Å². The second-order valence-corrected chi connectivity index (χ2v) is 4.98. The van der Waals surface area contributed by atoms with E-state index in [2.05, 4.69) is 22.4 Å². The average molecular weight is 255 g/mol. The zero-order valence-electron chi connectivity index (χ0n) is 11.0. The lowest BCUT2D eigenvalue weighted by Gasteiger charge is -2.20. The van der Waals surface area contributed by atoms with Crippen molar-refractivity contribution in [3.63, 3.8) is 0 Å². The van der Waals surface area contributed by atoms with E-state index >= 15 is 0 Å². The zero-order chi connectivity index (χ0) is 12.9. The van der Waals surface area contributed by atoms with Gasteiger partial charge in [-0.05, 0) is 29.7 Å². The molecule has 2 aromatic rings. The number of pyridine rings is 1. The molecule has 0 aliphatic carbocycles. The Morgan fingerprint density at radius 1 is 1.00 bits per heavy atom. The molecule has 3 nitrogen and oxygen atoms in total. The number of nitrogens with two attached hydrogens (primary N) is 1. The Bertz CT molecular complexity index is 504. The van der Waals surface area contributed by atoms with Gasteiger partial charge in [0.2, 0.25) is 5.88 Å². The van der Waals surface area contributed by atoms with Gasteiger partial charge in [-0.2, -0.15) is 0 Å². The van der Waals surface area contributed by atoms with Crippen LogP contribution in [-0.4, -0.2) is 18.1 Å². The van der Waals surface area contributed by atoms with Crippen molar-refractivity contribution in [2.45, 2.75) is 18.8 Å². The maximum Gasteiger partial charge on any atom is 0.219 e. The van der Waals surface area contributed by atoms with E-state index in [0.29, 0.717) is 11.8 Å². The normalized spacial score (nSPS) is 16.2. The lowest BCUT2D eigenvalue weighted by atomic mass is 9.90. The van der Waals surface area contributed by atoms with Gasteiger partial charge in [0.05, 0.1) is 13.1 Å². The highest BCUT2D eigenvalue weighted by Gasteiger charge is 2.17. The number of ether oxygens (including phenoxy) is 1. The highest BCUT2D eigenvalue weighted by molar-refractivity contribution is 5.32. The lowest BCUT2D eigenvalue weighted by Crippen LogP contribution is -2.86. The highest BCUT2D eigenvalue weighted by Crippen LogP contribution is 2.26. The summed E-state index contributed by atoms with van der Waals surface area (Å²) in [5.74, 6) is 2.21. The standard InChI is InChI=1S/C16H18N2O/c1-2-10-18-16(3-1)19-15-6-4-13(5-7-15)14-8-11-17-12-9-14/h1-7,10,14,17H,8-9,11-12H2/p+1. The maximum atomic E-state index is 5.70. The molecule has 0 saturated carbocycles. The Morgan fingerprint density at radius 3 is 2.47 bits per heavy atom. The van der Waals surface area contributed by atoms with E-state index in [-0.39, 0.29) is 0 Å². The summed E-state index contributed by atoms with van der Waals surface area (Å²) in [6.07, 6.45) is 4.29. The number of hydrogen-bond donors (Lipinski definition) is 1. The van der Waals surface area contributed by atoms with Crippen molar-refractivity contribution in [2.24, 2.45) is 0 Å². The minimum atomic E-state index is 0.641. The van der Waals surface area contributed by atoms with Gasteiger partial charge >= 0.3 is 0 Å². The van der Waals surface area contributed by atoms with Crippen LogP contribution in [0, 0.1) is 0 Å². The molecular formula is C16H19N2O+. The fourth-order valence-electron chi connectivity index (χ4n) is 2.60. The van der Waals surface area contributed by atoms with Gasteiger partial charge in [-0.3, -0.25) is 0 Å². The molecule has 0 spiro atoms. The van der Waals surface area contributed by atoms with Gasteiger partial charge in [-0.1, -0.05) is 18.2 Å². The molecule has 1 aromatic carbocycles. The van der Waals surface area contributed by atoms with Crippen molar-refractivity contribution >= 4 is 0 Å². The first-order valence-corrected chi connectivity index (χ1v) is 6.92. The number of quaternary nitrogens is 1. The Kier molecular flexibility index (Phi) is 3.75. The summed E-state index contributed by atoms with van der Waals surface area (Å²) in [6, 6.07) is 14.1. The van der Waals surface area contributed by atoms with Gasteiger partial charge in [0.1, 0.15) is 5.75 Å². The van der Waals surface area contributed by atoms with E-state index in [9.17, 15) is 0 Å². The van der Waals surface area contributed by atoms with Crippen LogP contribution in [0.5, 0.6) is 11.6 Å². The third kappa shape index (κ3) is 3.12. The molecule has 0 unspecified atom stereocenters. The molecule has 1 saturated heterocycles. The monoisotopic (exact) mass is 255 g/mol. The molecule has 0 amide bonds. The molecule has 1 aliphatic rings. The van der Waals surface area contributed by atoms with Crippen molar-refractivity contribution in [3.8, 4) is 11.6 Å². The molecular weight excluding hydrogens is 236 g/mol. The van der Waals surface area contributed by atoms with E-state index in [1.807, 2.05) is 30.3 Å². The minimum Gasteiger partial charge on any atom is -0.439 e. The first-order chi connectivity index (χ1) is 9.42. The third-order valence-corrected chi connectivity index (χ3v) is 3.65. The molecule has 1 aliphatic heterocycles. The van der Waals surface area contributed by atoms with E-state index in [1.165, 1.54) is 31.5 Å². The Hall–Kier alpha value is -1.87. The number of aromatic nitrogens is 1. The van der Waals surface area contributed by atoms with E-state index in [1.54, 1.807) is 6.20 Å². The second-order valence-electron chi connectivity index (χ2n) is 4.98. The largest absolute Gasteiger partial charge is 0.439 e. The fraction of sp³-hybridized carbons (Fsp3) is 0.312. The predicted molar refractivity (Wildman–Crippen MR) is 74.4 cm³/mol. The number of piperidine rings is 1. The van der Waals surface area contributed by atoms with Crippen molar-refractivity contribution < 1.29 is 10.1 Å². The SMILES string of the molecule is c1ccc(Oc2ccc(C3CC[NH2+]CC3)cc2)nc1. The van der Waals surface area contributed by atoms with E-state index < -0.39 is 0 Å². The summed E-state index contributed by atoms with van der Waals surface area (Å²) >= 11 is 0. The topological polar surface area (TPSA) is 38.7 Å². The van der Waals surface area contributed by atoms with Crippen LogP contribution >= 0.6 is 0 Å². The van der Waals surface area contributed by atoms with Gasteiger partial charge in [-0.15, -0.1) is 0 Å². The van der Waals surface area contributed by atoms with Gasteiger partial charge in [0.15, 0.2) is 0 Å². The summed E-state index contributed by atoms with van der Waals surface area (Å²) in [6.45, 7) is 2.49. The number of hydrogen-bond acceptors (Lipinski definition) is 2. The molecule has 3 rings (SSSR count). The summed E-state index contributed by atoms with van der Waals surface area (Å²) in [7, 11) is 0. The Labute approximate surface area is 113 Å². The maximum absolute atomic E-state index is 5.70. The van der Waals surface area contributed by atoms with Crippen molar-refractivity contribution in [1.82, 2.24) is 4.98 Å². The molecule has 0 radical (unpaired) electrons. The summed E-state index contributed by atoms with van der Waals surface area (Å²) in [5, 5.41) is 2.40. The van der Waals surface area contributed by atoms with Crippen molar-refractivity contribution in [2.75, 3.05) is 13.1 Å². The van der Waals surface area contributed by atoms with Crippen LogP contribution in [0.25, 0.3) is 0 Å². The molecule has 1 aromatic heterocycles. The molecule has 0 atom stereocenters. The van der Waals surface area contributed by atoms with E-state index in [4.69, 9.17) is 4.74 Å². The van der Waals surface area contributed by atoms with Crippen LogP contribution < -0.4 is 10.1 Å².